The molecule has 0 spiro atoms. The lowest BCUT2D eigenvalue weighted by Crippen LogP contribution is -2.21. The predicted octanol–water partition coefficient (Wildman–Crippen LogP) is 2.39. The summed E-state index contributed by atoms with van der Waals surface area (Å²) in [5.41, 5.74) is 0. The van der Waals surface area contributed by atoms with Crippen LogP contribution in [0.2, 0.25) is 0 Å². The second-order valence-corrected chi connectivity index (χ2v) is 4.02. The summed E-state index contributed by atoms with van der Waals surface area (Å²) >= 11 is 5.56. The van der Waals surface area contributed by atoms with Crippen molar-refractivity contribution in [2.45, 2.75) is 20.3 Å². The summed E-state index contributed by atoms with van der Waals surface area (Å²) in [6.07, 6.45) is 1.13. The lowest BCUT2D eigenvalue weighted by molar-refractivity contribution is 0.126. The Balaban J connectivity index is 2.96. The van der Waals surface area contributed by atoms with Crippen LogP contribution in [0, 0.1) is 5.92 Å². The van der Waals surface area contributed by atoms with Gasteiger partial charge in [-0.1, -0.05) is 32.0 Å². The highest BCUT2D eigenvalue weighted by molar-refractivity contribution is 6.29. The van der Waals surface area contributed by atoms with Crippen LogP contribution in [0.15, 0.2) is 11.6 Å². The topological polar surface area (TPSA) is 21.3 Å². The fourth-order valence-corrected chi connectivity index (χ4v) is 0.884. The quantitative estimate of drug-likeness (QED) is 0.615. The summed E-state index contributed by atoms with van der Waals surface area (Å²) in [5, 5.41) is 3.76. The van der Waals surface area contributed by atoms with Crippen molar-refractivity contribution in [3.63, 3.8) is 0 Å². The van der Waals surface area contributed by atoms with Crippen molar-refractivity contribution in [2.75, 3.05) is 26.3 Å². The van der Waals surface area contributed by atoms with Crippen LogP contribution in [0.5, 0.6) is 0 Å². The molecule has 1 N–H and O–H groups in total. The fourth-order valence-electron chi connectivity index (χ4n) is 0.789. The van der Waals surface area contributed by atoms with Gasteiger partial charge in [-0.3, -0.25) is 0 Å². The Bertz CT molecular complexity index is 137. The minimum Gasteiger partial charge on any atom is -0.380 e. The Kier molecular flexibility index (Phi) is 8.51. The zero-order valence-corrected chi connectivity index (χ0v) is 9.36. The Hall–Kier alpha value is -0.0500. The smallest absolute Gasteiger partial charge is 0.0591 e. The van der Waals surface area contributed by atoms with Crippen molar-refractivity contribution in [3.8, 4) is 0 Å². The molecule has 0 aromatic rings. The zero-order valence-electron chi connectivity index (χ0n) is 8.61. The van der Waals surface area contributed by atoms with Gasteiger partial charge in [0.05, 0.1) is 6.61 Å². The highest BCUT2D eigenvalue weighted by Gasteiger charge is 1.93. The average Bonchev–Trinajstić information content (AvgIpc) is 2.01. The summed E-state index contributed by atoms with van der Waals surface area (Å²) in [6.45, 7) is 11.1. The first-order valence-corrected chi connectivity index (χ1v) is 5.12. The molecule has 0 aliphatic carbocycles. The molecule has 0 bridgehead atoms. The van der Waals surface area contributed by atoms with Crippen molar-refractivity contribution < 1.29 is 4.74 Å². The molecular weight excluding hydrogens is 186 g/mol. The first-order chi connectivity index (χ1) is 6.13. The molecule has 0 amide bonds. The number of hydrogen-bond donors (Lipinski definition) is 1. The minimum atomic E-state index is 0.641. The van der Waals surface area contributed by atoms with E-state index in [4.69, 9.17) is 16.3 Å². The first kappa shape index (κ1) is 12.9. The summed E-state index contributed by atoms with van der Waals surface area (Å²) in [6, 6.07) is 0. The van der Waals surface area contributed by atoms with E-state index in [-0.39, 0.29) is 0 Å². The molecular formula is C10H20ClNO. The third-order valence-corrected chi connectivity index (χ3v) is 1.71. The van der Waals surface area contributed by atoms with Gasteiger partial charge in [-0.25, -0.2) is 0 Å². The molecule has 0 aliphatic rings. The van der Waals surface area contributed by atoms with E-state index in [2.05, 4.69) is 25.7 Å². The molecule has 3 heteroatoms. The van der Waals surface area contributed by atoms with Gasteiger partial charge in [0.2, 0.25) is 0 Å². The molecule has 0 atom stereocenters. The molecule has 0 aromatic carbocycles. The molecule has 0 rings (SSSR count). The summed E-state index contributed by atoms with van der Waals surface area (Å²) in [7, 11) is 0. The van der Waals surface area contributed by atoms with E-state index in [1.165, 1.54) is 0 Å². The predicted molar refractivity (Wildman–Crippen MR) is 58.1 cm³/mol. The van der Waals surface area contributed by atoms with E-state index in [1.807, 2.05) is 0 Å². The molecule has 0 aliphatic heterocycles. The van der Waals surface area contributed by atoms with Crippen molar-refractivity contribution >= 4 is 11.6 Å². The summed E-state index contributed by atoms with van der Waals surface area (Å²) in [5.74, 6) is 0.718. The van der Waals surface area contributed by atoms with Crippen molar-refractivity contribution in [3.05, 3.63) is 11.6 Å². The second-order valence-electron chi connectivity index (χ2n) is 3.49. The lowest BCUT2D eigenvalue weighted by atomic mass is 10.1. The third-order valence-electron chi connectivity index (χ3n) is 1.58. The Morgan fingerprint density at radius 1 is 1.46 bits per heavy atom. The van der Waals surface area contributed by atoms with E-state index >= 15 is 0 Å². The van der Waals surface area contributed by atoms with Crippen LogP contribution >= 0.6 is 11.6 Å². The second kappa shape index (κ2) is 8.54. The lowest BCUT2D eigenvalue weighted by Gasteiger charge is -2.06. The molecule has 0 aromatic heterocycles. The highest BCUT2D eigenvalue weighted by atomic mass is 35.5. The van der Waals surface area contributed by atoms with Crippen LogP contribution in [-0.4, -0.2) is 26.3 Å². The molecule has 0 heterocycles. The summed E-state index contributed by atoms with van der Waals surface area (Å²) in [4.78, 5) is 0. The average molecular weight is 206 g/mol. The number of rotatable bonds is 8. The molecule has 0 radical (unpaired) electrons. The van der Waals surface area contributed by atoms with Gasteiger partial charge in [0, 0.05) is 24.7 Å². The van der Waals surface area contributed by atoms with Crippen LogP contribution in [0.25, 0.3) is 0 Å². The van der Waals surface area contributed by atoms with E-state index in [1.54, 1.807) is 0 Å². The largest absolute Gasteiger partial charge is 0.380 e. The Morgan fingerprint density at radius 2 is 2.15 bits per heavy atom. The number of nitrogens with one attached hydrogen (secondary N) is 1. The van der Waals surface area contributed by atoms with Crippen LogP contribution < -0.4 is 5.32 Å². The van der Waals surface area contributed by atoms with Gasteiger partial charge in [0.25, 0.3) is 0 Å². The van der Waals surface area contributed by atoms with Crippen LogP contribution in [0.1, 0.15) is 20.3 Å². The summed E-state index contributed by atoms with van der Waals surface area (Å²) < 4.78 is 5.39. The monoisotopic (exact) mass is 205 g/mol. The van der Waals surface area contributed by atoms with Gasteiger partial charge < -0.3 is 10.1 Å². The Morgan fingerprint density at radius 3 is 2.69 bits per heavy atom. The van der Waals surface area contributed by atoms with E-state index in [0.717, 1.165) is 32.1 Å². The van der Waals surface area contributed by atoms with Gasteiger partial charge in [-0.05, 0) is 12.3 Å². The Labute approximate surface area is 86.3 Å². The maximum Gasteiger partial charge on any atom is 0.0591 e. The van der Waals surface area contributed by atoms with E-state index in [9.17, 15) is 0 Å². The van der Waals surface area contributed by atoms with Gasteiger partial charge >= 0.3 is 0 Å². The molecule has 0 saturated carbocycles. The van der Waals surface area contributed by atoms with Crippen LogP contribution in [0.3, 0.4) is 0 Å². The van der Waals surface area contributed by atoms with Crippen LogP contribution in [0.4, 0.5) is 0 Å². The fraction of sp³-hybridized carbons (Fsp3) is 0.800. The number of ether oxygens (including phenoxy) is 1. The van der Waals surface area contributed by atoms with Gasteiger partial charge in [-0.2, -0.15) is 0 Å². The van der Waals surface area contributed by atoms with Gasteiger partial charge in [0.15, 0.2) is 0 Å². The minimum absolute atomic E-state index is 0.641. The molecule has 13 heavy (non-hydrogen) atoms. The van der Waals surface area contributed by atoms with Crippen LogP contribution in [-0.2, 0) is 4.74 Å². The van der Waals surface area contributed by atoms with Gasteiger partial charge in [-0.15, -0.1) is 0 Å². The SMILES string of the molecule is C=C(Cl)CNCCOCCC(C)C. The van der Waals surface area contributed by atoms with Crippen molar-refractivity contribution in [2.24, 2.45) is 5.92 Å². The van der Waals surface area contributed by atoms with E-state index in [0.29, 0.717) is 11.6 Å². The number of halogens is 1. The molecule has 0 fully saturated rings. The molecule has 0 saturated heterocycles. The molecule has 2 nitrogen and oxygen atoms in total. The molecule has 0 unspecified atom stereocenters. The maximum atomic E-state index is 5.56. The van der Waals surface area contributed by atoms with Crippen molar-refractivity contribution in [1.82, 2.24) is 5.32 Å². The van der Waals surface area contributed by atoms with Gasteiger partial charge in [0.1, 0.15) is 0 Å². The van der Waals surface area contributed by atoms with E-state index < -0.39 is 0 Å². The normalized spacial score (nSPS) is 10.8. The standard InChI is InChI=1S/C10H20ClNO/c1-9(2)4-6-13-7-5-12-8-10(3)11/h9,12H,3-8H2,1-2H3. The maximum absolute atomic E-state index is 5.56. The first-order valence-electron chi connectivity index (χ1n) is 4.74. The highest BCUT2D eigenvalue weighted by Crippen LogP contribution is 1.98. The zero-order chi connectivity index (χ0) is 10.1. The third kappa shape index (κ3) is 12.0. The number of hydrogen-bond acceptors (Lipinski definition) is 2. The molecule has 78 valence electrons. The van der Waals surface area contributed by atoms with Crippen molar-refractivity contribution in [1.29, 1.82) is 0 Å².